The van der Waals surface area contributed by atoms with Crippen molar-refractivity contribution in [2.24, 2.45) is 0 Å². The summed E-state index contributed by atoms with van der Waals surface area (Å²) in [4.78, 5) is 11.2. The molecule has 0 N–H and O–H groups in total. The average Bonchev–Trinajstić information content (AvgIpc) is 1.63. The largest absolute Gasteiger partial charge is 1.00 e. The third-order valence-corrected chi connectivity index (χ3v) is 20.3. The van der Waals surface area contributed by atoms with Crippen LogP contribution < -0.4 is 113 Å². The number of nitrogens with zero attached hydrogens (tertiary/aromatic N) is 4. The van der Waals surface area contributed by atoms with Crippen molar-refractivity contribution in [1.82, 2.24) is 18.3 Å². The fraction of sp³-hybridized carbons (Fsp3) is 0.0549. The van der Waals surface area contributed by atoms with Crippen LogP contribution in [0.25, 0.3) is 143 Å². The van der Waals surface area contributed by atoms with Crippen LogP contribution in [0.1, 0.15) is 22.2 Å². The van der Waals surface area contributed by atoms with Crippen molar-refractivity contribution in [2.45, 2.75) is 32.0 Å². The molecule has 1 saturated heterocycles. The van der Waals surface area contributed by atoms with Crippen LogP contribution >= 0.6 is 15.9 Å². The molecule has 0 bridgehead atoms. The Bertz CT molecular complexity index is 5960. The Morgan fingerprint density at radius 2 is 0.625 bits per heavy atom. The van der Waals surface area contributed by atoms with Crippen LogP contribution in [-0.2, 0) is 19.0 Å². The van der Waals surface area contributed by atoms with Crippen LogP contribution in [0.15, 0.2) is 344 Å². The van der Waals surface area contributed by atoms with Crippen LogP contribution in [0.5, 0.6) is 0 Å². The first-order valence-electron chi connectivity index (χ1n) is 34.1. The molecule has 1 unspecified atom stereocenters. The maximum absolute atomic E-state index is 8.64. The molecule has 13 heteroatoms. The Balaban J connectivity index is 0.000000142. The predicted molar refractivity (Wildman–Crippen MR) is 424 cm³/mol. The molecule has 1 aliphatic heterocycles. The summed E-state index contributed by atoms with van der Waals surface area (Å²) in [6.45, 7) is 10.1. The molecule has 0 amide bonds. The number of benzene rings is 14. The molecule has 494 valence electrons. The van der Waals surface area contributed by atoms with Crippen molar-refractivity contribution in [3.8, 4) is 56.1 Å². The predicted octanol–water partition coefficient (Wildman–Crippen LogP) is 15.9. The molecule has 1 aliphatic rings. The van der Waals surface area contributed by atoms with Gasteiger partial charge in [0.15, 0.2) is 0 Å². The number of rotatable bonds is 9. The van der Waals surface area contributed by atoms with Crippen molar-refractivity contribution < 1.29 is 128 Å². The van der Waals surface area contributed by atoms with Gasteiger partial charge in [0.1, 0.15) is 5.60 Å². The van der Waals surface area contributed by atoms with Crippen LogP contribution in [0, 0.1) is 6.92 Å². The number of aromatic nitrogens is 4. The van der Waals surface area contributed by atoms with Crippen molar-refractivity contribution in [3.05, 3.63) is 351 Å². The smallest absolute Gasteiger partial charge is 1.00 e. The van der Waals surface area contributed by atoms with Gasteiger partial charge in [0.2, 0.25) is 5.60 Å². The van der Waals surface area contributed by atoms with Crippen LogP contribution in [0.3, 0.4) is 0 Å². The normalized spacial score (nSPS) is 13.8. The summed E-state index contributed by atoms with van der Waals surface area (Å²) < 4.78 is 22.9. The van der Waals surface area contributed by atoms with E-state index in [9.17, 15) is 0 Å². The Kier molecular flexibility index (Phi) is 21.7. The molecule has 104 heavy (non-hydrogen) atoms. The van der Waals surface area contributed by atoms with E-state index in [0.29, 0.717) is 0 Å². The molecule has 0 radical (unpaired) electrons. The molecule has 1 fully saturated rings. The molecule has 0 saturated carbocycles. The minimum Gasteiger partial charge on any atom is -1.00 e. The zero-order chi connectivity index (χ0) is 69.5. The molecule has 18 aromatic rings. The first-order chi connectivity index (χ1) is 49.9. The van der Waals surface area contributed by atoms with E-state index < -0.39 is 18.3 Å². The fourth-order valence-electron chi connectivity index (χ4n) is 14.5. The van der Waals surface area contributed by atoms with Crippen molar-refractivity contribution in [3.63, 3.8) is 0 Å². The zero-order valence-corrected chi connectivity index (χ0v) is 66.2. The van der Waals surface area contributed by atoms with Crippen LogP contribution in [0.2, 0.25) is 0 Å². The van der Waals surface area contributed by atoms with E-state index in [0.717, 1.165) is 21.2 Å². The molecule has 4 aromatic heterocycles. The van der Waals surface area contributed by atoms with E-state index in [2.05, 4.69) is 380 Å². The summed E-state index contributed by atoms with van der Waals surface area (Å²) in [6.07, 6.45) is 0. The Morgan fingerprint density at radius 3 is 0.952 bits per heavy atom. The molecular formula is C91H69BBrK2N4O5+. The number of hydrogen-bond donors (Lipinski definition) is 0. The fourth-order valence-corrected chi connectivity index (χ4v) is 14.9. The number of hydrogen-bond acceptors (Lipinski definition) is 5. The van der Waals surface area contributed by atoms with Gasteiger partial charge in [-0.2, -0.15) is 0 Å². The van der Waals surface area contributed by atoms with Gasteiger partial charge in [0.05, 0.1) is 51.1 Å². The Labute approximate surface area is 699 Å². The maximum Gasteiger partial charge on any atom is 1.00 e. The first kappa shape index (κ1) is 72.3. The summed E-state index contributed by atoms with van der Waals surface area (Å²) in [5.74, 6) is 0. The van der Waals surface area contributed by atoms with E-state index >= 15 is 0 Å². The molecule has 5 heterocycles. The topological polar surface area (TPSA) is 87.5 Å². The van der Waals surface area contributed by atoms with Crippen molar-refractivity contribution >= 4 is 122 Å². The average molecular weight is 1470 g/mol. The summed E-state index contributed by atoms with van der Waals surface area (Å²) >= 11 is 3.57. The van der Waals surface area contributed by atoms with Gasteiger partial charge in [-0.1, -0.05) is 222 Å². The van der Waals surface area contributed by atoms with Gasteiger partial charge in [-0.15, -0.1) is 0 Å². The number of fused-ring (bicyclic) bond motifs is 12. The maximum atomic E-state index is 8.64. The van der Waals surface area contributed by atoms with Crippen molar-refractivity contribution in [1.29, 1.82) is 0 Å². The molecule has 9 nitrogen and oxygen atoms in total. The second-order valence-electron chi connectivity index (χ2n) is 26.3. The number of carbonyl (C=O) groups is 1. The van der Waals surface area contributed by atoms with Gasteiger partial charge in [-0.25, -0.2) is 0 Å². The number of halogens is 1. The van der Waals surface area contributed by atoms with E-state index in [1.807, 2.05) is 26.8 Å². The molecule has 0 aliphatic carbocycles. The molecule has 0 spiro atoms. The summed E-state index contributed by atoms with van der Waals surface area (Å²) in [5.41, 5.74) is 21.6. The molecule has 1 atom stereocenters. The van der Waals surface area contributed by atoms with Gasteiger partial charge < -0.3 is 39.1 Å². The number of para-hydroxylation sites is 8. The summed E-state index contributed by atoms with van der Waals surface area (Å²) in [5, 5.41) is 18.5. The van der Waals surface area contributed by atoms with E-state index in [1.165, 1.54) is 132 Å². The van der Waals surface area contributed by atoms with Crippen LogP contribution in [0.4, 0.5) is 0 Å². The molecular weight excluding hydrogens is 1400 g/mol. The van der Waals surface area contributed by atoms with Crippen molar-refractivity contribution in [2.75, 3.05) is 0 Å². The second kappa shape index (κ2) is 31.2. The van der Waals surface area contributed by atoms with E-state index in [1.54, 1.807) is 0 Å². The van der Waals surface area contributed by atoms with Gasteiger partial charge in [-0.05, 0) is 186 Å². The quantitative estimate of drug-likeness (QED) is 0.0472. The van der Waals surface area contributed by atoms with Crippen LogP contribution in [-0.4, -0.2) is 43.1 Å². The van der Waals surface area contributed by atoms with Gasteiger partial charge in [0, 0.05) is 77.2 Å². The monoisotopic (exact) mass is 1470 g/mol. The zero-order valence-electron chi connectivity index (χ0n) is 59.4. The van der Waals surface area contributed by atoms with Gasteiger partial charge in [-0.3, -0.25) is 4.79 Å². The Hall–Kier alpha value is -8.68. The third-order valence-electron chi connectivity index (χ3n) is 19.8. The summed E-state index contributed by atoms with van der Waals surface area (Å²) in [6, 6.07) is 121. The SMILES string of the molecule is Brc1ccc2c(c1)c1ccccc1n2-c1ccccc1.O=CO[O-].[CH2+]C1(C)OB(c2cccc(-c3ccc4c(c3)c3ccccc3n4-c3ccccc3)c2)OC1(C)C.[H-].[K+].[K+].c1ccc(-n2c3ccccc3c3cc(-c4cccc(-c5ccc6c(c5)c5ccccc5n6-c5ccccc5)c4)ccc32)cc1. The van der Waals surface area contributed by atoms with Gasteiger partial charge in [0.25, 0.3) is 6.47 Å². The minimum absolute atomic E-state index is 0. The third kappa shape index (κ3) is 13.9. The first-order valence-corrected chi connectivity index (χ1v) is 34.9. The number of carbonyl (C=O) groups excluding carboxylic acids is 1. The van der Waals surface area contributed by atoms with E-state index in [4.69, 9.17) is 19.4 Å². The van der Waals surface area contributed by atoms with E-state index in [-0.39, 0.29) is 111 Å². The second-order valence-corrected chi connectivity index (χ2v) is 27.2. The van der Waals surface area contributed by atoms with Gasteiger partial charge >= 0.3 is 110 Å². The Morgan fingerprint density at radius 1 is 0.346 bits per heavy atom. The standard InChI is InChI=1S/C42H28N2.C30H27BNO2.C18H12BrN.CH2O3.2K.H/c1-3-14-33(15-4-1)43-39-20-9-7-18-35(39)37-27-31(22-24-41(37)43)29-12-11-13-30(26-29)32-23-25-42-38(28-32)36-19-8-10-21-40(36)44(42)34-16-5-2-6-17-34;1-29(2)30(3,4)34-31(33-29)23-12-10-11-21(19-23)22-17-18-28-26(20-22)25-15-8-9-16-27(25)32(28)24-13-6-5-7-14-24;19-13-10-11-18-16(12-13)15-8-4-5-9-17(15)20(18)14-6-2-1-3-7-14;2-1-4-3;;;/h1-28H;5-20H,1H2,2-4H3;1-12H;1,3H;;;/q;+1;;;2*+1;-1/p-1. The molecule has 14 aromatic carbocycles. The summed E-state index contributed by atoms with van der Waals surface area (Å²) in [7, 11) is -0.429. The molecule has 19 rings (SSSR count). The minimum atomic E-state index is -0.605.